The van der Waals surface area contributed by atoms with Gasteiger partial charge in [-0.2, -0.15) is 0 Å². The van der Waals surface area contributed by atoms with Crippen LogP contribution in [0.3, 0.4) is 0 Å². The third-order valence-electron chi connectivity index (χ3n) is 6.85. The van der Waals surface area contributed by atoms with Crippen LogP contribution in [0.5, 0.6) is 5.75 Å². The summed E-state index contributed by atoms with van der Waals surface area (Å²) >= 11 is 0. The fourth-order valence-electron chi connectivity index (χ4n) is 4.69. The van der Waals surface area contributed by atoms with Crippen LogP contribution in [0.1, 0.15) is 36.2 Å². The number of fused-ring (bicyclic) bond motifs is 1. The molecule has 0 fully saturated rings. The van der Waals surface area contributed by atoms with E-state index in [1.54, 1.807) is 49.7 Å². The quantitative estimate of drug-likeness (QED) is 0.468. The molecule has 4 rings (SSSR count). The molecule has 0 spiro atoms. The van der Waals surface area contributed by atoms with Gasteiger partial charge >= 0.3 is 6.03 Å². The van der Waals surface area contributed by atoms with E-state index in [0.717, 1.165) is 30.6 Å². The van der Waals surface area contributed by atoms with Gasteiger partial charge in [-0.05, 0) is 67.3 Å². The molecule has 2 heterocycles. The first-order chi connectivity index (χ1) is 19.3. The number of nitrogens with one attached hydrogen (secondary N) is 2. The van der Waals surface area contributed by atoms with Crippen LogP contribution < -0.4 is 15.4 Å². The van der Waals surface area contributed by atoms with Gasteiger partial charge in [0.1, 0.15) is 12.4 Å². The maximum absolute atomic E-state index is 13.4. The molecule has 212 valence electrons. The van der Waals surface area contributed by atoms with Crippen molar-refractivity contribution < 1.29 is 19.1 Å². The number of aromatic nitrogens is 1. The molecular weight excluding hydrogens is 506 g/mol. The van der Waals surface area contributed by atoms with E-state index in [1.807, 2.05) is 26.0 Å². The molecule has 1 unspecified atom stereocenters. The van der Waals surface area contributed by atoms with E-state index in [-0.39, 0.29) is 24.1 Å². The Morgan fingerprint density at radius 2 is 1.80 bits per heavy atom. The zero-order valence-corrected chi connectivity index (χ0v) is 23.7. The first kappa shape index (κ1) is 29.0. The molecule has 0 bridgehead atoms. The predicted molar refractivity (Wildman–Crippen MR) is 157 cm³/mol. The average Bonchev–Trinajstić information content (AvgIpc) is 2.95. The summed E-state index contributed by atoms with van der Waals surface area (Å²) in [6.07, 6.45) is 4.26. The number of amides is 3. The molecule has 0 aliphatic carbocycles. The number of anilines is 1. The number of methoxy groups -OCH3 is 1. The van der Waals surface area contributed by atoms with Crippen LogP contribution in [0, 0.1) is 0 Å². The van der Waals surface area contributed by atoms with E-state index in [2.05, 4.69) is 44.8 Å². The second-order valence-corrected chi connectivity index (χ2v) is 10.4. The van der Waals surface area contributed by atoms with Gasteiger partial charge in [0.2, 0.25) is 0 Å². The van der Waals surface area contributed by atoms with Crippen molar-refractivity contribution >= 4 is 17.6 Å². The molecule has 0 saturated carbocycles. The van der Waals surface area contributed by atoms with Crippen molar-refractivity contribution in [2.24, 2.45) is 0 Å². The van der Waals surface area contributed by atoms with E-state index in [9.17, 15) is 9.59 Å². The summed E-state index contributed by atoms with van der Waals surface area (Å²) in [7, 11) is 3.45. The van der Waals surface area contributed by atoms with Gasteiger partial charge in [-0.3, -0.25) is 14.7 Å². The highest BCUT2D eigenvalue weighted by Crippen LogP contribution is 2.26. The molecule has 9 nitrogen and oxygen atoms in total. The number of hydrogen-bond acceptors (Lipinski definition) is 6. The number of benzene rings is 2. The number of rotatable bonds is 6. The van der Waals surface area contributed by atoms with Crippen LogP contribution in [0.4, 0.5) is 10.5 Å². The smallest absolute Gasteiger partial charge is 0.319 e. The Balaban J connectivity index is 1.50. The molecule has 3 aromatic rings. The maximum atomic E-state index is 13.4. The fourth-order valence-corrected chi connectivity index (χ4v) is 4.69. The molecule has 1 atom stereocenters. The van der Waals surface area contributed by atoms with Gasteiger partial charge in [0.05, 0.1) is 11.7 Å². The van der Waals surface area contributed by atoms with E-state index >= 15 is 0 Å². The maximum Gasteiger partial charge on any atom is 0.319 e. The minimum absolute atomic E-state index is 0.00587. The van der Waals surface area contributed by atoms with Crippen molar-refractivity contribution in [3.63, 3.8) is 0 Å². The van der Waals surface area contributed by atoms with Gasteiger partial charge in [-0.1, -0.05) is 24.3 Å². The lowest BCUT2D eigenvalue weighted by molar-refractivity contribution is 0.0435. The molecular formula is C31H39N5O4. The largest absolute Gasteiger partial charge is 0.491 e. The molecule has 1 aromatic heterocycles. The van der Waals surface area contributed by atoms with Gasteiger partial charge in [-0.15, -0.1) is 0 Å². The normalized spacial score (nSPS) is 16.9. The standard InChI is InChI=1S/C31H39N5O4/c1-22(2)33-31(38)34-26-9-10-29-28(19-26)30(37)35(3)21-27(39-4)13-16-36(17-18-40-29)20-23-5-7-24(8-6-23)25-11-14-32-15-12-25/h5-12,14-15,19,22,27H,13,16-18,20-21H2,1-4H3,(H2,33,34,38). The van der Waals surface area contributed by atoms with Crippen molar-refractivity contribution in [2.75, 3.05) is 45.7 Å². The summed E-state index contributed by atoms with van der Waals surface area (Å²) in [5.41, 5.74) is 4.43. The minimum Gasteiger partial charge on any atom is -0.491 e. The lowest BCUT2D eigenvalue weighted by Crippen LogP contribution is -2.39. The van der Waals surface area contributed by atoms with Gasteiger partial charge in [0.15, 0.2) is 0 Å². The van der Waals surface area contributed by atoms with E-state index < -0.39 is 0 Å². The fraction of sp³-hybridized carbons (Fsp3) is 0.387. The van der Waals surface area contributed by atoms with Crippen LogP contribution in [-0.4, -0.2) is 79.3 Å². The SMILES string of the molecule is COC1CCN(Cc2ccc(-c3ccncc3)cc2)CCOc2ccc(NC(=O)NC(C)C)cc2C(=O)N(C)C1. The Bertz CT molecular complexity index is 1270. The summed E-state index contributed by atoms with van der Waals surface area (Å²) in [6.45, 7) is 6.88. The van der Waals surface area contributed by atoms with Gasteiger partial charge < -0.3 is 25.0 Å². The molecule has 9 heteroatoms. The minimum atomic E-state index is -0.325. The van der Waals surface area contributed by atoms with Crippen LogP contribution in [0.15, 0.2) is 67.0 Å². The van der Waals surface area contributed by atoms with E-state index in [0.29, 0.717) is 36.7 Å². The highest BCUT2D eigenvalue weighted by Gasteiger charge is 2.23. The van der Waals surface area contributed by atoms with E-state index in [4.69, 9.17) is 9.47 Å². The molecule has 40 heavy (non-hydrogen) atoms. The topological polar surface area (TPSA) is 96.0 Å². The Hall–Kier alpha value is -3.95. The molecule has 2 aromatic carbocycles. The lowest BCUT2D eigenvalue weighted by atomic mass is 10.0. The number of carbonyl (C=O) groups excluding carboxylic acids is 2. The van der Waals surface area contributed by atoms with E-state index in [1.165, 1.54) is 5.56 Å². The van der Waals surface area contributed by atoms with Gasteiger partial charge in [0, 0.05) is 64.5 Å². The second-order valence-electron chi connectivity index (χ2n) is 10.4. The Morgan fingerprint density at radius 3 is 2.50 bits per heavy atom. The van der Waals surface area contributed by atoms with Crippen LogP contribution in [0.25, 0.3) is 11.1 Å². The summed E-state index contributed by atoms with van der Waals surface area (Å²) in [6, 6.07) is 17.4. The monoisotopic (exact) mass is 545 g/mol. The van der Waals surface area contributed by atoms with Crippen molar-refractivity contribution in [1.82, 2.24) is 20.1 Å². The van der Waals surface area contributed by atoms with Gasteiger partial charge in [0.25, 0.3) is 5.91 Å². The van der Waals surface area contributed by atoms with Crippen molar-refractivity contribution in [1.29, 1.82) is 0 Å². The highest BCUT2D eigenvalue weighted by atomic mass is 16.5. The Labute approximate surface area is 236 Å². The molecule has 2 N–H and O–H groups in total. The summed E-state index contributed by atoms with van der Waals surface area (Å²) in [4.78, 5) is 33.7. The van der Waals surface area contributed by atoms with Crippen LogP contribution in [0.2, 0.25) is 0 Å². The lowest BCUT2D eigenvalue weighted by Gasteiger charge is -2.29. The molecule has 1 aliphatic rings. The number of carbonyl (C=O) groups is 2. The average molecular weight is 546 g/mol. The zero-order chi connectivity index (χ0) is 28.5. The number of pyridine rings is 1. The predicted octanol–water partition coefficient (Wildman–Crippen LogP) is 4.65. The van der Waals surface area contributed by atoms with Gasteiger partial charge in [-0.25, -0.2) is 4.79 Å². The van der Waals surface area contributed by atoms with Crippen molar-refractivity contribution in [3.8, 4) is 16.9 Å². The highest BCUT2D eigenvalue weighted by molar-refractivity contribution is 5.99. The molecule has 1 aliphatic heterocycles. The second kappa shape index (κ2) is 13.9. The Kier molecular flexibility index (Phi) is 10.1. The summed E-state index contributed by atoms with van der Waals surface area (Å²) in [5.74, 6) is 0.305. The summed E-state index contributed by atoms with van der Waals surface area (Å²) in [5, 5.41) is 5.60. The number of urea groups is 1. The Morgan fingerprint density at radius 1 is 1.07 bits per heavy atom. The zero-order valence-electron chi connectivity index (χ0n) is 23.7. The number of hydrogen-bond donors (Lipinski definition) is 2. The molecule has 0 radical (unpaired) electrons. The first-order valence-electron chi connectivity index (χ1n) is 13.7. The van der Waals surface area contributed by atoms with Crippen LogP contribution in [-0.2, 0) is 11.3 Å². The first-order valence-corrected chi connectivity index (χ1v) is 13.7. The van der Waals surface area contributed by atoms with Crippen LogP contribution >= 0.6 is 0 Å². The van der Waals surface area contributed by atoms with Crippen molar-refractivity contribution in [3.05, 3.63) is 78.1 Å². The van der Waals surface area contributed by atoms with Crippen molar-refractivity contribution in [2.45, 2.75) is 39.0 Å². The third kappa shape index (κ3) is 8.03. The number of likely N-dealkylation sites (N-methyl/N-ethyl adjacent to an activating group) is 1. The number of nitrogens with zero attached hydrogens (tertiary/aromatic N) is 3. The molecule has 0 saturated heterocycles. The molecule has 3 amide bonds. The summed E-state index contributed by atoms with van der Waals surface area (Å²) < 4.78 is 11.9. The number of ether oxygens (including phenoxy) is 2. The third-order valence-corrected chi connectivity index (χ3v) is 6.85.